The van der Waals surface area contributed by atoms with Gasteiger partial charge in [0.25, 0.3) is 0 Å². The van der Waals surface area contributed by atoms with Gasteiger partial charge in [-0.3, -0.25) is 0 Å². The molecule has 0 spiro atoms. The zero-order chi connectivity index (χ0) is 22.2. The van der Waals surface area contributed by atoms with E-state index < -0.39 is 11.6 Å². The van der Waals surface area contributed by atoms with Gasteiger partial charge in [0.2, 0.25) is 0 Å². The molecule has 0 saturated carbocycles. The third-order valence-electron chi connectivity index (χ3n) is 4.16. The Morgan fingerprint density at radius 1 is 1.20 bits per heavy atom. The summed E-state index contributed by atoms with van der Waals surface area (Å²) in [7, 11) is 1.52. The van der Waals surface area contributed by atoms with Gasteiger partial charge in [-0.2, -0.15) is 0 Å². The highest BCUT2D eigenvalue weighted by molar-refractivity contribution is 8.69. The van der Waals surface area contributed by atoms with Crippen LogP contribution < -0.4 is 14.8 Å². The molecule has 2 aromatic carbocycles. The monoisotopic (exact) mass is 467 g/mol. The van der Waals surface area contributed by atoms with E-state index in [-0.39, 0.29) is 5.60 Å². The van der Waals surface area contributed by atoms with Crippen LogP contribution in [-0.2, 0) is 22.8 Å². The van der Waals surface area contributed by atoms with Gasteiger partial charge in [0, 0.05) is 36.7 Å². The Bertz CT molecular complexity index is 890. The zero-order valence-corrected chi connectivity index (χ0v) is 20.7. The van der Waals surface area contributed by atoms with E-state index in [4.69, 9.17) is 25.8 Å². The second-order valence-electron chi connectivity index (χ2n) is 7.17. The molecule has 3 rings (SSSR count). The number of rotatable bonds is 6. The molecule has 0 bridgehead atoms. The van der Waals surface area contributed by atoms with Crippen LogP contribution in [0.15, 0.2) is 53.4 Å². The van der Waals surface area contributed by atoms with Crippen LogP contribution in [0.2, 0.25) is 0 Å². The lowest BCUT2D eigenvalue weighted by Crippen LogP contribution is -2.25. The molecule has 1 amide bonds. The van der Waals surface area contributed by atoms with Gasteiger partial charge in [-0.05, 0) is 39.0 Å². The molecular formula is C22H30NO4PS2. The molecule has 8 heteroatoms. The normalized spacial score (nSPS) is 15.6. The van der Waals surface area contributed by atoms with Gasteiger partial charge < -0.3 is 19.3 Å². The molecular weight excluding hydrogens is 437 g/mol. The third kappa shape index (κ3) is 7.31. The van der Waals surface area contributed by atoms with Crippen molar-refractivity contribution in [2.24, 2.45) is 0 Å². The van der Waals surface area contributed by atoms with Crippen molar-refractivity contribution in [3.63, 3.8) is 0 Å². The van der Waals surface area contributed by atoms with E-state index in [0.717, 1.165) is 18.1 Å². The van der Waals surface area contributed by atoms with Crippen LogP contribution in [0.1, 0.15) is 33.3 Å². The summed E-state index contributed by atoms with van der Waals surface area (Å²) in [4.78, 5) is 12.4. The van der Waals surface area contributed by atoms with E-state index in [1.54, 1.807) is 17.4 Å². The molecule has 1 N–H and O–H groups in total. The Kier molecular flexibility index (Phi) is 9.23. The van der Waals surface area contributed by atoms with Gasteiger partial charge in [0.05, 0.1) is 0 Å². The molecule has 1 heterocycles. The summed E-state index contributed by atoms with van der Waals surface area (Å²) in [5, 5.41) is 2.41. The molecule has 164 valence electrons. The standard InChI is InChI=1S/C12H15NO3.C10H15OPS2/c1-12(2)7-8-5-4-6-9(10(8)16-12)15-11(14)13-3;1-3-11-12(13,4-2)14-10-8-6-5-7-9-10/h4-6H,7H2,1-3H3,(H,13,14);5-9H,3-4H2,1-2H3. The number of hydrogen-bond acceptors (Lipinski definition) is 6. The lowest BCUT2D eigenvalue weighted by molar-refractivity contribution is 0.133. The molecule has 5 nitrogen and oxygen atoms in total. The van der Waals surface area contributed by atoms with Crippen LogP contribution in [0.25, 0.3) is 0 Å². The van der Waals surface area contributed by atoms with E-state index in [9.17, 15) is 4.79 Å². The van der Waals surface area contributed by atoms with Crippen LogP contribution in [0.5, 0.6) is 11.5 Å². The smallest absolute Gasteiger partial charge is 0.412 e. The van der Waals surface area contributed by atoms with Crippen molar-refractivity contribution < 1.29 is 18.8 Å². The Hall–Kier alpha value is -1.53. The molecule has 1 aliphatic rings. The molecule has 0 saturated heterocycles. The topological polar surface area (TPSA) is 56.8 Å². The molecule has 30 heavy (non-hydrogen) atoms. The number of carbonyl (C=O) groups excluding carboxylic acids is 1. The minimum atomic E-state index is -1.67. The molecule has 0 fully saturated rings. The van der Waals surface area contributed by atoms with E-state index in [1.807, 2.05) is 51.1 Å². The SMILES string of the molecule is CCOP(=S)(CC)Sc1ccccc1.CNC(=O)Oc1cccc2c1OC(C)(C)C2. The van der Waals surface area contributed by atoms with Crippen molar-refractivity contribution in [3.05, 3.63) is 54.1 Å². The second kappa shape index (κ2) is 11.2. The first kappa shape index (κ1) is 24.7. The average molecular weight is 468 g/mol. The number of carbonyl (C=O) groups is 1. The number of benzene rings is 2. The van der Waals surface area contributed by atoms with Crippen LogP contribution in [0.3, 0.4) is 0 Å². The lowest BCUT2D eigenvalue weighted by Gasteiger charge is -2.18. The number of fused-ring (bicyclic) bond motifs is 1. The predicted molar refractivity (Wildman–Crippen MR) is 129 cm³/mol. The quantitative estimate of drug-likeness (QED) is 0.506. The summed E-state index contributed by atoms with van der Waals surface area (Å²) in [5.74, 6) is 1.15. The summed E-state index contributed by atoms with van der Waals surface area (Å²) in [6, 6.07) is 15.8. The maximum atomic E-state index is 11.2. The van der Waals surface area contributed by atoms with Gasteiger partial charge >= 0.3 is 6.09 Å². The number of nitrogens with one attached hydrogen (secondary N) is 1. The first-order valence-electron chi connectivity index (χ1n) is 9.90. The van der Waals surface area contributed by atoms with Crippen molar-refractivity contribution in [2.75, 3.05) is 19.8 Å². The van der Waals surface area contributed by atoms with Gasteiger partial charge in [-0.1, -0.05) is 60.4 Å². The van der Waals surface area contributed by atoms with Crippen LogP contribution in [0.4, 0.5) is 4.79 Å². The summed E-state index contributed by atoms with van der Waals surface area (Å²) >= 11 is 7.26. The minimum absolute atomic E-state index is 0.232. The van der Waals surface area contributed by atoms with Crippen LogP contribution >= 0.6 is 16.8 Å². The molecule has 0 aromatic heterocycles. The van der Waals surface area contributed by atoms with Crippen molar-refractivity contribution in [1.29, 1.82) is 0 Å². The fourth-order valence-corrected chi connectivity index (χ4v) is 7.48. The van der Waals surface area contributed by atoms with E-state index in [0.29, 0.717) is 18.1 Å². The number of hydrogen-bond donors (Lipinski definition) is 1. The van der Waals surface area contributed by atoms with Gasteiger partial charge in [0.1, 0.15) is 11.1 Å². The highest BCUT2D eigenvalue weighted by Crippen LogP contribution is 2.62. The minimum Gasteiger partial charge on any atom is -0.483 e. The first-order valence-corrected chi connectivity index (χ1v) is 14.2. The van der Waals surface area contributed by atoms with Gasteiger partial charge in [0.15, 0.2) is 11.5 Å². The maximum absolute atomic E-state index is 11.2. The van der Waals surface area contributed by atoms with Crippen LogP contribution in [0, 0.1) is 0 Å². The van der Waals surface area contributed by atoms with Crippen LogP contribution in [-0.4, -0.2) is 31.5 Å². The third-order valence-corrected chi connectivity index (χ3v) is 10.7. The largest absolute Gasteiger partial charge is 0.483 e. The molecule has 0 radical (unpaired) electrons. The van der Waals surface area contributed by atoms with Crippen molar-refractivity contribution >= 4 is 34.7 Å². The lowest BCUT2D eigenvalue weighted by atomic mass is 10.0. The molecule has 1 unspecified atom stereocenters. The molecule has 1 aliphatic heterocycles. The van der Waals surface area contributed by atoms with E-state index >= 15 is 0 Å². The van der Waals surface area contributed by atoms with E-state index in [2.05, 4.69) is 24.4 Å². The number of para-hydroxylation sites is 1. The summed E-state index contributed by atoms with van der Waals surface area (Å²) < 4.78 is 16.6. The fraction of sp³-hybridized carbons (Fsp3) is 0.409. The van der Waals surface area contributed by atoms with Gasteiger partial charge in [-0.15, -0.1) is 0 Å². The second-order valence-corrected chi connectivity index (χ2v) is 14.7. The zero-order valence-electron chi connectivity index (χ0n) is 18.1. The Morgan fingerprint density at radius 2 is 1.90 bits per heavy atom. The Morgan fingerprint density at radius 3 is 2.50 bits per heavy atom. The highest BCUT2D eigenvalue weighted by atomic mass is 32.9. The molecule has 0 aliphatic carbocycles. The van der Waals surface area contributed by atoms with Crippen molar-refractivity contribution in [3.8, 4) is 11.5 Å². The Balaban J connectivity index is 0.000000216. The average Bonchev–Trinajstić information content (AvgIpc) is 3.04. The fourth-order valence-electron chi connectivity index (χ4n) is 2.84. The highest BCUT2D eigenvalue weighted by Gasteiger charge is 2.32. The predicted octanol–water partition coefficient (Wildman–Crippen LogP) is 6.26. The number of amides is 1. The summed E-state index contributed by atoms with van der Waals surface area (Å²) in [6.45, 7) is 8.84. The summed E-state index contributed by atoms with van der Waals surface area (Å²) in [6.07, 6.45) is 1.28. The Labute approximate surface area is 188 Å². The van der Waals surface area contributed by atoms with E-state index in [1.165, 1.54) is 11.9 Å². The molecule has 2 aromatic rings. The van der Waals surface area contributed by atoms with Crippen molar-refractivity contribution in [1.82, 2.24) is 5.32 Å². The molecule has 1 atom stereocenters. The first-order chi connectivity index (χ1) is 14.2. The van der Waals surface area contributed by atoms with Gasteiger partial charge in [-0.25, -0.2) is 4.79 Å². The van der Waals surface area contributed by atoms with Crippen molar-refractivity contribution in [2.45, 2.75) is 44.6 Å². The maximum Gasteiger partial charge on any atom is 0.412 e. The number of ether oxygens (including phenoxy) is 2. The summed E-state index contributed by atoms with van der Waals surface area (Å²) in [5.41, 5.74) is -0.828.